The Morgan fingerprint density at radius 2 is 1.88 bits per heavy atom. The van der Waals surface area contributed by atoms with Crippen LogP contribution in [-0.2, 0) is 0 Å². The average Bonchev–Trinajstić information content (AvgIpc) is 2.32. The first-order valence-corrected chi connectivity index (χ1v) is 5.46. The molecule has 1 N–H and O–H groups in total. The number of aromatic nitrogens is 1. The molecule has 0 saturated carbocycles. The lowest BCUT2D eigenvalue weighted by atomic mass is 10.1. The van der Waals surface area contributed by atoms with Gasteiger partial charge in [-0.15, -0.1) is 0 Å². The van der Waals surface area contributed by atoms with E-state index in [1.807, 2.05) is 50.2 Å². The third-order valence-corrected chi connectivity index (χ3v) is 2.56. The smallest absolute Gasteiger partial charge is 0.255 e. The van der Waals surface area contributed by atoms with E-state index in [2.05, 4.69) is 10.3 Å². The normalized spacial score (nSPS) is 10.0. The van der Waals surface area contributed by atoms with E-state index in [1.54, 1.807) is 6.20 Å². The van der Waals surface area contributed by atoms with Crippen molar-refractivity contribution in [3.63, 3.8) is 0 Å². The van der Waals surface area contributed by atoms with Crippen LogP contribution >= 0.6 is 0 Å². The van der Waals surface area contributed by atoms with Gasteiger partial charge in [-0.3, -0.25) is 9.78 Å². The van der Waals surface area contributed by atoms with E-state index in [0.717, 1.165) is 11.3 Å². The van der Waals surface area contributed by atoms with Crippen molar-refractivity contribution in [1.29, 1.82) is 0 Å². The molecule has 1 aromatic carbocycles. The largest absolute Gasteiger partial charge is 0.321 e. The van der Waals surface area contributed by atoms with E-state index in [4.69, 9.17) is 0 Å². The molecule has 0 atom stereocenters. The fourth-order valence-electron chi connectivity index (χ4n) is 1.57. The van der Waals surface area contributed by atoms with Gasteiger partial charge in [-0.1, -0.05) is 18.2 Å². The highest BCUT2D eigenvalue weighted by molar-refractivity contribution is 6.05. The molecule has 1 heterocycles. The summed E-state index contributed by atoms with van der Waals surface area (Å²) in [7, 11) is 0. The molecule has 0 aliphatic carbocycles. The van der Waals surface area contributed by atoms with Gasteiger partial charge in [0.25, 0.3) is 5.91 Å². The van der Waals surface area contributed by atoms with Crippen molar-refractivity contribution in [2.45, 2.75) is 13.8 Å². The first-order chi connectivity index (χ1) is 8.16. The molecule has 1 amide bonds. The Kier molecular flexibility index (Phi) is 3.19. The summed E-state index contributed by atoms with van der Waals surface area (Å²) in [6.45, 7) is 3.83. The number of hydrogen-bond acceptors (Lipinski definition) is 2. The van der Waals surface area contributed by atoms with E-state index >= 15 is 0 Å². The molecule has 1 aromatic heterocycles. The summed E-state index contributed by atoms with van der Waals surface area (Å²) < 4.78 is 0. The molecule has 17 heavy (non-hydrogen) atoms. The van der Waals surface area contributed by atoms with Gasteiger partial charge < -0.3 is 5.32 Å². The Morgan fingerprint density at radius 3 is 2.53 bits per heavy atom. The number of nitrogens with zero attached hydrogens (tertiary/aromatic N) is 1. The maximum atomic E-state index is 12.0. The van der Waals surface area contributed by atoms with Crippen molar-refractivity contribution < 1.29 is 4.79 Å². The van der Waals surface area contributed by atoms with Gasteiger partial charge in [-0.2, -0.15) is 0 Å². The van der Waals surface area contributed by atoms with Crippen LogP contribution in [0.1, 0.15) is 21.6 Å². The number of benzene rings is 1. The zero-order chi connectivity index (χ0) is 12.3. The predicted molar refractivity (Wildman–Crippen MR) is 68.1 cm³/mol. The molecule has 0 fully saturated rings. The Morgan fingerprint density at radius 1 is 1.12 bits per heavy atom. The fraction of sp³-hybridized carbons (Fsp3) is 0.143. The van der Waals surface area contributed by atoms with Gasteiger partial charge >= 0.3 is 0 Å². The van der Waals surface area contributed by atoms with Gasteiger partial charge in [0.05, 0.1) is 11.9 Å². The second-order valence-corrected chi connectivity index (χ2v) is 3.96. The average molecular weight is 226 g/mol. The molecule has 0 spiro atoms. The number of carbonyl (C=O) groups is 1. The van der Waals surface area contributed by atoms with Gasteiger partial charge in [-0.25, -0.2) is 0 Å². The minimum absolute atomic E-state index is 0.103. The van der Waals surface area contributed by atoms with E-state index in [9.17, 15) is 4.79 Å². The summed E-state index contributed by atoms with van der Waals surface area (Å²) in [5, 5.41) is 2.82. The first kappa shape index (κ1) is 11.3. The number of carbonyl (C=O) groups excluding carboxylic acids is 1. The Balaban J connectivity index is 2.17. The number of pyridine rings is 1. The Labute approximate surface area is 101 Å². The van der Waals surface area contributed by atoms with Crippen molar-refractivity contribution in [1.82, 2.24) is 4.98 Å². The van der Waals surface area contributed by atoms with Gasteiger partial charge in [0.2, 0.25) is 0 Å². The standard InChI is InChI=1S/C14H14N2O/c1-10-5-3-4-6-13(10)14(17)16-12-8-7-11(2)15-9-12/h3-9H,1-2H3,(H,16,17). The minimum Gasteiger partial charge on any atom is -0.321 e. The highest BCUT2D eigenvalue weighted by atomic mass is 16.1. The lowest BCUT2D eigenvalue weighted by Crippen LogP contribution is -2.13. The predicted octanol–water partition coefficient (Wildman–Crippen LogP) is 2.95. The third kappa shape index (κ3) is 2.69. The summed E-state index contributed by atoms with van der Waals surface area (Å²) in [6.07, 6.45) is 1.66. The number of rotatable bonds is 2. The maximum absolute atomic E-state index is 12.0. The molecule has 3 heteroatoms. The summed E-state index contributed by atoms with van der Waals surface area (Å²) in [5.74, 6) is -0.103. The van der Waals surface area contributed by atoms with Crippen molar-refractivity contribution >= 4 is 11.6 Å². The van der Waals surface area contributed by atoms with Crippen molar-refractivity contribution in [3.8, 4) is 0 Å². The van der Waals surface area contributed by atoms with Crippen molar-refractivity contribution in [2.75, 3.05) is 5.32 Å². The molecule has 0 unspecified atom stereocenters. The highest BCUT2D eigenvalue weighted by Crippen LogP contribution is 2.11. The van der Waals surface area contributed by atoms with Crippen LogP contribution in [0.15, 0.2) is 42.6 Å². The zero-order valence-electron chi connectivity index (χ0n) is 9.90. The summed E-state index contributed by atoms with van der Waals surface area (Å²) in [6, 6.07) is 11.2. The molecule has 2 aromatic rings. The van der Waals surface area contributed by atoms with E-state index in [-0.39, 0.29) is 5.91 Å². The van der Waals surface area contributed by atoms with Crippen molar-refractivity contribution in [3.05, 3.63) is 59.4 Å². The number of aryl methyl sites for hydroxylation is 2. The topological polar surface area (TPSA) is 42.0 Å². The Hall–Kier alpha value is -2.16. The molecule has 3 nitrogen and oxygen atoms in total. The van der Waals surface area contributed by atoms with E-state index < -0.39 is 0 Å². The van der Waals surface area contributed by atoms with Crippen LogP contribution < -0.4 is 5.32 Å². The summed E-state index contributed by atoms with van der Waals surface area (Å²) >= 11 is 0. The number of amides is 1. The minimum atomic E-state index is -0.103. The molecule has 0 bridgehead atoms. The molecule has 0 saturated heterocycles. The molecule has 0 aliphatic heterocycles. The van der Waals surface area contributed by atoms with Crippen molar-refractivity contribution in [2.24, 2.45) is 0 Å². The number of anilines is 1. The van der Waals surface area contributed by atoms with Gasteiger partial charge in [-0.05, 0) is 37.6 Å². The molecule has 86 valence electrons. The third-order valence-electron chi connectivity index (χ3n) is 2.56. The monoisotopic (exact) mass is 226 g/mol. The summed E-state index contributed by atoms with van der Waals surface area (Å²) in [4.78, 5) is 16.1. The highest BCUT2D eigenvalue weighted by Gasteiger charge is 2.08. The SMILES string of the molecule is Cc1ccc(NC(=O)c2ccccc2C)cn1. The maximum Gasteiger partial charge on any atom is 0.255 e. The number of nitrogens with one attached hydrogen (secondary N) is 1. The van der Waals surface area contributed by atoms with Crippen LogP contribution in [0, 0.1) is 13.8 Å². The van der Waals surface area contributed by atoms with E-state index in [0.29, 0.717) is 11.3 Å². The fourth-order valence-corrected chi connectivity index (χ4v) is 1.57. The molecular formula is C14H14N2O. The van der Waals surface area contributed by atoms with Crippen LogP contribution in [0.5, 0.6) is 0 Å². The van der Waals surface area contributed by atoms with E-state index in [1.165, 1.54) is 0 Å². The van der Waals surface area contributed by atoms with Crippen LogP contribution in [0.4, 0.5) is 5.69 Å². The second kappa shape index (κ2) is 4.78. The van der Waals surface area contributed by atoms with Crippen LogP contribution in [0.2, 0.25) is 0 Å². The first-order valence-electron chi connectivity index (χ1n) is 5.46. The lowest BCUT2D eigenvalue weighted by Gasteiger charge is -2.07. The molecular weight excluding hydrogens is 212 g/mol. The zero-order valence-corrected chi connectivity index (χ0v) is 9.90. The molecule has 0 aliphatic rings. The second-order valence-electron chi connectivity index (χ2n) is 3.96. The Bertz CT molecular complexity index is 532. The van der Waals surface area contributed by atoms with Crippen LogP contribution in [-0.4, -0.2) is 10.9 Å². The van der Waals surface area contributed by atoms with Crippen LogP contribution in [0.25, 0.3) is 0 Å². The van der Waals surface area contributed by atoms with Crippen LogP contribution in [0.3, 0.4) is 0 Å². The van der Waals surface area contributed by atoms with Gasteiger partial charge in [0.1, 0.15) is 0 Å². The quantitative estimate of drug-likeness (QED) is 0.855. The lowest BCUT2D eigenvalue weighted by molar-refractivity contribution is 0.102. The van der Waals surface area contributed by atoms with Gasteiger partial charge in [0, 0.05) is 11.3 Å². The summed E-state index contributed by atoms with van der Waals surface area (Å²) in [5.41, 5.74) is 3.29. The van der Waals surface area contributed by atoms with Gasteiger partial charge in [0.15, 0.2) is 0 Å². The molecule has 2 rings (SSSR count). The molecule has 0 radical (unpaired) electrons. The number of hydrogen-bond donors (Lipinski definition) is 1.